The molecule has 0 aliphatic carbocycles. The number of aliphatic hydroxyl groups excluding tert-OH is 1. The number of aliphatic hydroxyl groups is 1. The van der Waals surface area contributed by atoms with Crippen molar-refractivity contribution in [2.45, 2.75) is 25.1 Å². The maximum atomic E-state index is 11.9. The molecule has 0 amide bonds. The third kappa shape index (κ3) is 4.69. The second-order valence-electron chi connectivity index (χ2n) is 2.56. The van der Waals surface area contributed by atoms with Crippen molar-refractivity contribution in [3.63, 3.8) is 0 Å². The van der Waals surface area contributed by atoms with E-state index in [4.69, 9.17) is 22.4 Å². The highest BCUT2D eigenvalue weighted by Crippen LogP contribution is 2.02. The number of hydrogen-bond acceptors (Lipinski definition) is 3. The zero-order chi connectivity index (χ0) is 9.56. The van der Waals surface area contributed by atoms with Gasteiger partial charge in [-0.2, -0.15) is 0 Å². The molecule has 0 aromatic heterocycles. The molecule has 0 rings (SSSR count). The lowest BCUT2D eigenvalue weighted by Gasteiger charge is -2.22. The van der Waals surface area contributed by atoms with Crippen molar-refractivity contribution in [3.05, 3.63) is 0 Å². The molecule has 0 aromatic carbocycles. The van der Waals surface area contributed by atoms with E-state index in [0.29, 0.717) is 0 Å². The number of hydrogen-bond donors (Lipinski definition) is 1. The third-order valence-corrected chi connectivity index (χ3v) is 1.37. The van der Waals surface area contributed by atoms with E-state index in [2.05, 4.69) is 0 Å². The fourth-order valence-electron chi connectivity index (χ4n) is 0.717. The zero-order valence-corrected chi connectivity index (χ0v) is 7.37. The molecule has 0 saturated heterocycles. The largest absolute Gasteiger partial charge is 0.391 e. The lowest BCUT2D eigenvalue weighted by atomic mass is 10.0. The van der Waals surface area contributed by atoms with E-state index in [1.165, 1.54) is 14.0 Å². The van der Waals surface area contributed by atoms with Gasteiger partial charge in [0.05, 0.1) is 12.7 Å². The summed E-state index contributed by atoms with van der Waals surface area (Å²) in [6.07, 6.45) is -1.29. The molecule has 0 saturated carbocycles. The summed E-state index contributed by atoms with van der Waals surface area (Å²) < 4.78 is 21.6. The van der Waals surface area contributed by atoms with Crippen LogP contribution in [-0.4, -0.2) is 51.6 Å². The Morgan fingerprint density at radius 1 is 1.58 bits per heavy atom. The Balaban J connectivity index is 3.77. The molecule has 0 aliphatic heterocycles. The average Bonchev–Trinajstić information content (AvgIpc) is 2.03. The lowest BCUT2D eigenvalue weighted by molar-refractivity contribution is -0.0802. The molecule has 3 nitrogen and oxygen atoms in total. The van der Waals surface area contributed by atoms with Crippen molar-refractivity contribution in [1.82, 2.24) is 0 Å². The summed E-state index contributed by atoms with van der Waals surface area (Å²) in [5, 5.41) is 9.10. The van der Waals surface area contributed by atoms with Crippen molar-refractivity contribution in [1.29, 1.82) is 0 Å². The van der Waals surface area contributed by atoms with Crippen molar-refractivity contribution in [3.8, 4) is 0 Å². The average molecular weight is 176 g/mol. The van der Waals surface area contributed by atoms with Crippen LogP contribution in [-0.2, 0) is 9.47 Å². The first kappa shape index (κ1) is 11.9. The first-order chi connectivity index (χ1) is 5.61. The lowest BCUT2D eigenvalue weighted by Crippen LogP contribution is -2.35. The Morgan fingerprint density at radius 3 is 2.50 bits per heavy atom. The fourth-order valence-corrected chi connectivity index (χ4v) is 0.717. The zero-order valence-electron chi connectivity index (χ0n) is 7.37. The highest BCUT2D eigenvalue weighted by molar-refractivity contribution is 6.11. The van der Waals surface area contributed by atoms with Gasteiger partial charge in [0.15, 0.2) is 0 Å². The summed E-state index contributed by atoms with van der Waals surface area (Å²) in [5.41, 5.74) is 0. The van der Waals surface area contributed by atoms with Crippen molar-refractivity contribution in [2.24, 2.45) is 0 Å². The Kier molecular flexibility index (Phi) is 6.33. The third-order valence-electron chi connectivity index (χ3n) is 1.37. The molecule has 2 radical (unpaired) electrons. The Bertz CT molecular complexity index is 113. The SMILES string of the molecule is [B]C(CF)O[C@H](COC)[C@@H](C)O. The van der Waals surface area contributed by atoms with Crippen LogP contribution in [0.4, 0.5) is 4.39 Å². The quantitative estimate of drug-likeness (QED) is 0.572. The van der Waals surface area contributed by atoms with E-state index in [9.17, 15) is 4.39 Å². The minimum absolute atomic E-state index is 0.200. The van der Waals surface area contributed by atoms with Crippen molar-refractivity contribution >= 4 is 7.85 Å². The normalized spacial score (nSPS) is 18.7. The summed E-state index contributed by atoms with van der Waals surface area (Å²) in [7, 11) is 6.65. The van der Waals surface area contributed by atoms with E-state index in [1.54, 1.807) is 0 Å². The molecule has 0 heterocycles. The van der Waals surface area contributed by atoms with Gasteiger partial charge in [-0.1, -0.05) is 0 Å². The van der Waals surface area contributed by atoms with Crippen LogP contribution in [0.15, 0.2) is 0 Å². The molecule has 0 spiro atoms. The van der Waals surface area contributed by atoms with Gasteiger partial charge in [0.2, 0.25) is 0 Å². The van der Waals surface area contributed by atoms with Crippen molar-refractivity contribution < 1.29 is 19.0 Å². The molecule has 5 heteroatoms. The van der Waals surface area contributed by atoms with Gasteiger partial charge in [-0.05, 0) is 6.92 Å². The Morgan fingerprint density at radius 2 is 2.17 bits per heavy atom. The molecule has 0 aliphatic rings. The number of rotatable bonds is 6. The summed E-state index contributed by atoms with van der Waals surface area (Å²) in [6.45, 7) is 0.965. The minimum atomic E-state index is -0.986. The predicted octanol–water partition coefficient (Wildman–Crippen LogP) is -0.137. The molecule has 12 heavy (non-hydrogen) atoms. The second kappa shape index (κ2) is 6.40. The van der Waals surface area contributed by atoms with Crippen LogP contribution in [0.3, 0.4) is 0 Å². The topological polar surface area (TPSA) is 38.7 Å². The summed E-state index contributed by atoms with van der Waals surface area (Å²) in [6, 6.07) is -0.986. The molecule has 0 bridgehead atoms. The van der Waals surface area contributed by atoms with Crippen LogP contribution in [0.25, 0.3) is 0 Å². The Hall–Kier alpha value is -0.125. The predicted molar refractivity (Wildman–Crippen MR) is 43.9 cm³/mol. The molecule has 1 N–H and O–H groups in total. The van der Waals surface area contributed by atoms with Gasteiger partial charge >= 0.3 is 0 Å². The highest BCUT2D eigenvalue weighted by Gasteiger charge is 2.17. The summed E-state index contributed by atoms with van der Waals surface area (Å²) in [4.78, 5) is 0. The van der Waals surface area contributed by atoms with Gasteiger partial charge in [0, 0.05) is 13.1 Å². The number of methoxy groups -OCH3 is 1. The Labute approximate surface area is 73.3 Å². The number of alkyl halides is 1. The molecule has 0 aromatic rings. The number of ether oxygens (including phenoxy) is 2. The standard InChI is InChI=1S/C7H14BFO3/c1-5(10)6(4-11-2)12-7(8)3-9/h5-7,10H,3-4H2,1-2H3/t5-,6-,7?/m1/s1. The van der Waals surface area contributed by atoms with Crippen LogP contribution in [0.2, 0.25) is 0 Å². The van der Waals surface area contributed by atoms with Gasteiger partial charge in [0.1, 0.15) is 20.6 Å². The van der Waals surface area contributed by atoms with Crippen LogP contribution in [0.5, 0.6) is 0 Å². The van der Waals surface area contributed by atoms with Crippen LogP contribution >= 0.6 is 0 Å². The number of halogens is 1. The summed E-state index contributed by atoms with van der Waals surface area (Å²) in [5.74, 6) is 0. The van der Waals surface area contributed by atoms with E-state index in [1.807, 2.05) is 0 Å². The molecule has 3 atom stereocenters. The summed E-state index contributed by atoms with van der Waals surface area (Å²) >= 11 is 0. The van der Waals surface area contributed by atoms with Gasteiger partial charge < -0.3 is 14.6 Å². The van der Waals surface area contributed by atoms with E-state index in [0.717, 1.165) is 0 Å². The molecule has 1 unspecified atom stereocenters. The molecular formula is C7H14BFO3. The van der Waals surface area contributed by atoms with E-state index < -0.39 is 24.9 Å². The first-order valence-electron chi connectivity index (χ1n) is 3.75. The second-order valence-corrected chi connectivity index (χ2v) is 2.56. The van der Waals surface area contributed by atoms with Gasteiger partial charge in [-0.3, -0.25) is 0 Å². The van der Waals surface area contributed by atoms with Crippen LogP contribution in [0.1, 0.15) is 6.92 Å². The fraction of sp³-hybridized carbons (Fsp3) is 1.00. The van der Waals surface area contributed by atoms with Crippen molar-refractivity contribution in [2.75, 3.05) is 20.4 Å². The maximum absolute atomic E-state index is 11.9. The van der Waals surface area contributed by atoms with E-state index >= 15 is 0 Å². The van der Waals surface area contributed by atoms with E-state index in [-0.39, 0.29) is 6.61 Å². The highest BCUT2D eigenvalue weighted by atomic mass is 19.1. The molecular weight excluding hydrogens is 162 g/mol. The van der Waals surface area contributed by atoms with Gasteiger partial charge in [0.25, 0.3) is 0 Å². The molecule has 0 fully saturated rings. The molecule has 70 valence electrons. The van der Waals surface area contributed by atoms with Crippen LogP contribution in [0, 0.1) is 0 Å². The van der Waals surface area contributed by atoms with Gasteiger partial charge in [-0.15, -0.1) is 0 Å². The maximum Gasteiger partial charge on any atom is 0.112 e. The van der Waals surface area contributed by atoms with Gasteiger partial charge in [-0.25, -0.2) is 4.39 Å². The smallest absolute Gasteiger partial charge is 0.112 e. The monoisotopic (exact) mass is 176 g/mol. The van der Waals surface area contributed by atoms with Crippen LogP contribution < -0.4 is 0 Å². The minimum Gasteiger partial charge on any atom is -0.391 e. The first-order valence-corrected chi connectivity index (χ1v) is 3.75.